The van der Waals surface area contributed by atoms with Gasteiger partial charge in [-0.3, -0.25) is 0 Å². The first-order valence-corrected chi connectivity index (χ1v) is 3.56. The maximum absolute atomic E-state index is 10.6. The Morgan fingerprint density at radius 1 is 1.80 bits per heavy atom. The quantitative estimate of drug-likeness (QED) is 0.375. The summed E-state index contributed by atoms with van der Waals surface area (Å²) in [4.78, 5) is 12.0. The topological polar surface area (TPSA) is 58.4 Å². The molecular formula is C5H10ClN3O. The van der Waals surface area contributed by atoms with E-state index in [1.165, 1.54) is 4.90 Å². The van der Waals surface area contributed by atoms with E-state index >= 15 is 0 Å². The highest BCUT2D eigenvalue weighted by Gasteiger charge is 2.21. The number of nitrogens with two attached hydrogens (primary N) is 1. The van der Waals surface area contributed by atoms with Gasteiger partial charge in [-0.05, 0) is 0 Å². The van der Waals surface area contributed by atoms with E-state index in [4.69, 9.17) is 17.3 Å². The van der Waals surface area contributed by atoms with Crippen molar-refractivity contribution < 1.29 is 4.79 Å². The summed E-state index contributed by atoms with van der Waals surface area (Å²) in [6, 6.07) is -0.443. The van der Waals surface area contributed by atoms with Gasteiger partial charge < -0.3 is 16.0 Å². The van der Waals surface area contributed by atoms with Crippen molar-refractivity contribution >= 4 is 17.6 Å². The molecule has 0 aromatic heterocycles. The molecule has 1 atom stereocenters. The summed E-state index contributed by atoms with van der Waals surface area (Å²) < 4.78 is 0. The van der Waals surface area contributed by atoms with Crippen molar-refractivity contribution in [3.05, 3.63) is 0 Å². The number of piperazine rings is 1. The van der Waals surface area contributed by atoms with Gasteiger partial charge in [0.15, 0.2) is 0 Å². The number of halogens is 1. The molecule has 58 valence electrons. The van der Waals surface area contributed by atoms with Crippen molar-refractivity contribution in [2.24, 2.45) is 5.73 Å². The number of primary amides is 1. The molecule has 10 heavy (non-hydrogen) atoms. The second-order valence-corrected chi connectivity index (χ2v) is 2.67. The predicted octanol–water partition coefficient (Wildman–Crippen LogP) is -0.465. The SMILES string of the molecule is NC(=O)N1CCNCC1Cl. The van der Waals surface area contributed by atoms with E-state index in [1.807, 2.05) is 0 Å². The zero-order valence-electron chi connectivity index (χ0n) is 5.51. The van der Waals surface area contributed by atoms with Crippen LogP contribution in [0.15, 0.2) is 0 Å². The Balaban J connectivity index is 2.47. The molecule has 0 bridgehead atoms. The van der Waals surface area contributed by atoms with Gasteiger partial charge in [-0.1, -0.05) is 11.6 Å². The summed E-state index contributed by atoms with van der Waals surface area (Å²) in [6.45, 7) is 1.99. The van der Waals surface area contributed by atoms with Crippen LogP contribution in [0, 0.1) is 0 Å². The van der Waals surface area contributed by atoms with E-state index in [-0.39, 0.29) is 5.50 Å². The second-order valence-electron chi connectivity index (χ2n) is 2.17. The van der Waals surface area contributed by atoms with Gasteiger partial charge in [-0.25, -0.2) is 4.79 Å². The van der Waals surface area contributed by atoms with Gasteiger partial charge in [0.1, 0.15) is 5.50 Å². The lowest BCUT2D eigenvalue weighted by atomic mass is 10.4. The normalized spacial score (nSPS) is 26.5. The third-order valence-corrected chi connectivity index (χ3v) is 1.85. The van der Waals surface area contributed by atoms with Crippen LogP contribution >= 0.6 is 11.6 Å². The van der Waals surface area contributed by atoms with E-state index in [2.05, 4.69) is 5.32 Å². The molecule has 1 aliphatic rings. The fourth-order valence-corrected chi connectivity index (χ4v) is 1.22. The summed E-state index contributed by atoms with van der Waals surface area (Å²) in [5, 5.41) is 3.04. The van der Waals surface area contributed by atoms with Crippen molar-refractivity contribution in [1.29, 1.82) is 0 Å². The van der Waals surface area contributed by atoms with Crippen molar-refractivity contribution in [1.82, 2.24) is 10.2 Å². The fraction of sp³-hybridized carbons (Fsp3) is 0.800. The highest BCUT2D eigenvalue weighted by molar-refractivity contribution is 6.21. The predicted molar refractivity (Wildman–Crippen MR) is 38.8 cm³/mol. The Hall–Kier alpha value is -0.480. The Labute approximate surface area is 64.3 Å². The Morgan fingerprint density at radius 2 is 2.50 bits per heavy atom. The molecule has 1 rings (SSSR count). The molecular weight excluding hydrogens is 154 g/mol. The molecule has 0 radical (unpaired) electrons. The number of hydrogen-bond donors (Lipinski definition) is 2. The maximum Gasteiger partial charge on any atom is 0.316 e. The van der Waals surface area contributed by atoms with Crippen LogP contribution in [0.1, 0.15) is 0 Å². The highest BCUT2D eigenvalue weighted by Crippen LogP contribution is 2.05. The number of alkyl halides is 1. The molecule has 1 saturated heterocycles. The lowest BCUT2D eigenvalue weighted by Gasteiger charge is -2.30. The van der Waals surface area contributed by atoms with Crippen LogP contribution in [-0.4, -0.2) is 36.1 Å². The summed E-state index contributed by atoms with van der Waals surface area (Å²) in [5.41, 5.74) is 4.75. The van der Waals surface area contributed by atoms with E-state index < -0.39 is 6.03 Å². The summed E-state index contributed by atoms with van der Waals surface area (Å²) in [5.74, 6) is 0. The summed E-state index contributed by atoms with van der Waals surface area (Å²) in [6.07, 6.45) is 0. The molecule has 0 saturated carbocycles. The lowest BCUT2D eigenvalue weighted by molar-refractivity contribution is 0.191. The smallest absolute Gasteiger partial charge is 0.316 e. The molecule has 1 unspecified atom stereocenters. The molecule has 5 heteroatoms. The minimum absolute atomic E-state index is 0.286. The van der Waals surface area contributed by atoms with Gasteiger partial charge >= 0.3 is 6.03 Å². The Bertz CT molecular complexity index is 141. The molecule has 1 aliphatic heterocycles. The minimum Gasteiger partial charge on any atom is -0.351 e. The number of urea groups is 1. The van der Waals surface area contributed by atoms with E-state index in [9.17, 15) is 4.79 Å². The van der Waals surface area contributed by atoms with Crippen LogP contribution in [0.5, 0.6) is 0 Å². The standard InChI is InChI=1S/C5H10ClN3O/c6-4-3-8-1-2-9(4)5(7)10/h4,8H,1-3H2,(H2,7,10). The van der Waals surface area contributed by atoms with Gasteiger partial charge in [-0.2, -0.15) is 0 Å². The largest absolute Gasteiger partial charge is 0.351 e. The molecule has 0 aliphatic carbocycles. The number of carbonyl (C=O) groups is 1. The molecule has 1 fully saturated rings. The number of amides is 2. The van der Waals surface area contributed by atoms with Crippen LogP contribution in [0.25, 0.3) is 0 Å². The second kappa shape index (κ2) is 3.07. The van der Waals surface area contributed by atoms with Crippen LogP contribution in [-0.2, 0) is 0 Å². The molecule has 0 aromatic rings. The van der Waals surface area contributed by atoms with Crippen LogP contribution in [0.2, 0.25) is 0 Å². The number of hydrogen-bond acceptors (Lipinski definition) is 2. The molecule has 1 heterocycles. The third kappa shape index (κ3) is 1.52. The molecule has 3 N–H and O–H groups in total. The first-order valence-electron chi connectivity index (χ1n) is 3.12. The number of carbonyl (C=O) groups excluding carboxylic acids is 1. The number of nitrogens with zero attached hydrogens (tertiary/aromatic N) is 1. The van der Waals surface area contributed by atoms with Gasteiger partial charge in [0.25, 0.3) is 0 Å². The maximum atomic E-state index is 10.6. The van der Waals surface area contributed by atoms with Crippen LogP contribution in [0.3, 0.4) is 0 Å². The number of nitrogens with one attached hydrogen (secondary N) is 1. The molecule has 0 aromatic carbocycles. The first-order chi connectivity index (χ1) is 4.72. The zero-order valence-corrected chi connectivity index (χ0v) is 6.27. The molecule has 4 nitrogen and oxygen atoms in total. The van der Waals surface area contributed by atoms with Gasteiger partial charge in [0, 0.05) is 19.6 Å². The summed E-state index contributed by atoms with van der Waals surface area (Å²) in [7, 11) is 0. The van der Waals surface area contributed by atoms with Crippen molar-refractivity contribution in [3.63, 3.8) is 0 Å². The first kappa shape index (κ1) is 7.63. The average molecular weight is 164 g/mol. The van der Waals surface area contributed by atoms with Crippen molar-refractivity contribution in [2.45, 2.75) is 5.50 Å². The van der Waals surface area contributed by atoms with Crippen molar-refractivity contribution in [2.75, 3.05) is 19.6 Å². The minimum atomic E-state index is -0.443. The lowest BCUT2D eigenvalue weighted by Crippen LogP contribution is -2.52. The zero-order chi connectivity index (χ0) is 7.56. The molecule has 2 amide bonds. The van der Waals surface area contributed by atoms with Gasteiger partial charge in [0.2, 0.25) is 0 Å². The summed E-state index contributed by atoms with van der Waals surface area (Å²) >= 11 is 5.74. The van der Waals surface area contributed by atoms with E-state index in [0.29, 0.717) is 13.1 Å². The highest BCUT2D eigenvalue weighted by atomic mass is 35.5. The Morgan fingerprint density at radius 3 is 2.90 bits per heavy atom. The Kier molecular flexibility index (Phi) is 2.34. The number of rotatable bonds is 0. The van der Waals surface area contributed by atoms with Gasteiger partial charge in [-0.15, -0.1) is 0 Å². The average Bonchev–Trinajstić information content (AvgIpc) is 1.88. The van der Waals surface area contributed by atoms with Crippen LogP contribution < -0.4 is 11.1 Å². The van der Waals surface area contributed by atoms with E-state index in [1.54, 1.807) is 0 Å². The molecule has 0 spiro atoms. The third-order valence-electron chi connectivity index (χ3n) is 1.46. The van der Waals surface area contributed by atoms with Gasteiger partial charge in [0.05, 0.1) is 0 Å². The monoisotopic (exact) mass is 163 g/mol. The van der Waals surface area contributed by atoms with E-state index in [0.717, 1.165) is 6.54 Å². The van der Waals surface area contributed by atoms with Crippen LogP contribution in [0.4, 0.5) is 4.79 Å². The van der Waals surface area contributed by atoms with Crippen molar-refractivity contribution in [3.8, 4) is 0 Å². The fourth-order valence-electron chi connectivity index (χ4n) is 0.919.